The van der Waals surface area contributed by atoms with E-state index in [1.165, 1.54) is 14.2 Å². The number of aliphatic imine (C=N–C) groups is 1. The zero-order chi connectivity index (χ0) is 20.3. The van der Waals surface area contributed by atoms with Gasteiger partial charge in [0, 0.05) is 5.56 Å². The van der Waals surface area contributed by atoms with Crippen LogP contribution in [0.25, 0.3) is 6.08 Å². The van der Waals surface area contributed by atoms with Crippen LogP contribution in [0.4, 0.5) is 0 Å². The number of carbonyl (C=O) groups excluding carboxylic acids is 1. The van der Waals surface area contributed by atoms with Crippen LogP contribution in [0.15, 0.2) is 47.1 Å². The van der Waals surface area contributed by atoms with E-state index in [9.17, 15) is 4.79 Å². The molecule has 3 rings (SSSR count). The molecule has 6 nitrogen and oxygen atoms in total. The van der Waals surface area contributed by atoms with Gasteiger partial charge in [-0.25, -0.2) is 9.79 Å². The number of esters is 1. The van der Waals surface area contributed by atoms with E-state index in [1.807, 2.05) is 18.2 Å². The van der Waals surface area contributed by atoms with Crippen LogP contribution in [-0.2, 0) is 9.53 Å². The van der Waals surface area contributed by atoms with E-state index in [0.717, 1.165) is 11.1 Å². The van der Waals surface area contributed by atoms with Crippen LogP contribution < -0.4 is 14.2 Å². The second-order valence-electron chi connectivity index (χ2n) is 6.53. The first-order chi connectivity index (χ1) is 13.5. The predicted octanol–water partition coefficient (Wildman–Crippen LogP) is 4.18. The first kappa shape index (κ1) is 19.5. The van der Waals surface area contributed by atoms with E-state index in [1.54, 1.807) is 31.4 Å². The molecule has 0 saturated carbocycles. The summed E-state index contributed by atoms with van der Waals surface area (Å²) < 4.78 is 21.6. The number of rotatable bonds is 6. The lowest BCUT2D eigenvalue weighted by Crippen LogP contribution is -2.09. The van der Waals surface area contributed by atoms with Gasteiger partial charge in [0.25, 0.3) is 0 Å². The SMILES string of the molecule is COc1ccc(C(C)C)cc1/C=C1\N=C(c2c(OC)cccc2OC)OC1=O. The summed E-state index contributed by atoms with van der Waals surface area (Å²) >= 11 is 0. The second-order valence-corrected chi connectivity index (χ2v) is 6.53. The minimum Gasteiger partial charge on any atom is -0.496 e. The molecular weight excluding hydrogens is 358 g/mol. The highest BCUT2D eigenvalue weighted by molar-refractivity contribution is 6.15. The number of nitrogens with zero attached hydrogens (tertiary/aromatic N) is 1. The lowest BCUT2D eigenvalue weighted by atomic mass is 10.00. The maximum atomic E-state index is 12.5. The lowest BCUT2D eigenvalue weighted by Gasteiger charge is -2.11. The molecule has 0 saturated heterocycles. The first-order valence-corrected chi connectivity index (χ1v) is 8.90. The number of hydrogen-bond acceptors (Lipinski definition) is 6. The van der Waals surface area contributed by atoms with Gasteiger partial charge in [0.05, 0.1) is 21.3 Å². The average Bonchev–Trinajstić information content (AvgIpc) is 3.06. The Morgan fingerprint density at radius 3 is 2.18 bits per heavy atom. The maximum Gasteiger partial charge on any atom is 0.363 e. The highest BCUT2D eigenvalue weighted by Crippen LogP contribution is 2.33. The summed E-state index contributed by atoms with van der Waals surface area (Å²) in [7, 11) is 4.66. The molecule has 0 bridgehead atoms. The normalized spacial score (nSPS) is 14.9. The van der Waals surface area contributed by atoms with Crippen molar-refractivity contribution in [1.29, 1.82) is 0 Å². The first-order valence-electron chi connectivity index (χ1n) is 8.90. The van der Waals surface area contributed by atoms with Gasteiger partial charge >= 0.3 is 5.97 Å². The Morgan fingerprint density at radius 2 is 1.61 bits per heavy atom. The molecule has 0 radical (unpaired) electrons. The third kappa shape index (κ3) is 3.71. The summed E-state index contributed by atoms with van der Waals surface area (Å²) in [4.78, 5) is 16.8. The fourth-order valence-electron chi connectivity index (χ4n) is 2.95. The summed E-state index contributed by atoms with van der Waals surface area (Å²) in [5, 5.41) is 0. The van der Waals surface area contributed by atoms with Gasteiger partial charge in [-0.2, -0.15) is 0 Å². The van der Waals surface area contributed by atoms with E-state index in [2.05, 4.69) is 18.8 Å². The fourth-order valence-corrected chi connectivity index (χ4v) is 2.95. The summed E-state index contributed by atoms with van der Waals surface area (Å²) in [6, 6.07) is 11.2. The average molecular weight is 381 g/mol. The molecule has 146 valence electrons. The van der Waals surface area contributed by atoms with Gasteiger partial charge in [-0.15, -0.1) is 0 Å². The molecular formula is C22H23NO5. The quantitative estimate of drug-likeness (QED) is 0.555. The molecule has 0 N–H and O–H groups in total. The molecule has 0 fully saturated rings. The van der Waals surface area contributed by atoms with Crippen molar-refractivity contribution in [2.45, 2.75) is 19.8 Å². The minimum absolute atomic E-state index is 0.143. The Kier molecular flexibility index (Phi) is 5.68. The number of hydrogen-bond donors (Lipinski definition) is 0. The van der Waals surface area contributed by atoms with E-state index in [-0.39, 0.29) is 11.6 Å². The van der Waals surface area contributed by atoms with E-state index in [0.29, 0.717) is 28.7 Å². The minimum atomic E-state index is -0.542. The van der Waals surface area contributed by atoms with Crippen molar-refractivity contribution < 1.29 is 23.7 Å². The van der Waals surface area contributed by atoms with Crippen LogP contribution in [0, 0.1) is 0 Å². The van der Waals surface area contributed by atoms with Crippen molar-refractivity contribution in [3.63, 3.8) is 0 Å². The number of methoxy groups -OCH3 is 3. The van der Waals surface area contributed by atoms with Crippen LogP contribution in [0.1, 0.15) is 36.5 Å². The van der Waals surface area contributed by atoms with Crippen molar-refractivity contribution in [2.75, 3.05) is 21.3 Å². The molecule has 6 heteroatoms. The molecule has 1 heterocycles. The molecule has 2 aromatic rings. The van der Waals surface area contributed by atoms with E-state index in [4.69, 9.17) is 18.9 Å². The number of benzene rings is 2. The zero-order valence-electron chi connectivity index (χ0n) is 16.6. The Morgan fingerprint density at radius 1 is 0.964 bits per heavy atom. The molecule has 0 amide bonds. The molecule has 0 unspecified atom stereocenters. The van der Waals surface area contributed by atoms with Gasteiger partial charge < -0.3 is 18.9 Å². The van der Waals surface area contributed by atoms with Crippen LogP contribution >= 0.6 is 0 Å². The van der Waals surface area contributed by atoms with Crippen molar-refractivity contribution in [3.8, 4) is 17.2 Å². The Labute approximate surface area is 164 Å². The molecule has 28 heavy (non-hydrogen) atoms. The van der Waals surface area contributed by atoms with E-state index < -0.39 is 5.97 Å². The molecule has 0 aliphatic carbocycles. The number of carbonyl (C=O) groups is 1. The zero-order valence-corrected chi connectivity index (χ0v) is 16.6. The molecule has 0 aromatic heterocycles. The van der Waals surface area contributed by atoms with Crippen molar-refractivity contribution in [1.82, 2.24) is 0 Å². The number of ether oxygens (including phenoxy) is 4. The Balaban J connectivity index is 2.08. The smallest absolute Gasteiger partial charge is 0.363 e. The summed E-state index contributed by atoms with van der Waals surface area (Å²) in [5.41, 5.74) is 2.57. The summed E-state index contributed by atoms with van der Waals surface area (Å²) in [6.07, 6.45) is 1.67. The lowest BCUT2D eigenvalue weighted by molar-refractivity contribution is -0.129. The topological polar surface area (TPSA) is 66.3 Å². The monoisotopic (exact) mass is 381 g/mol. The molecule has 1 aliphatic rings. The van der Waals surface area contributed by atoms with Crippen LogP contribution in [0.2, 0.25) is 0 Å². The molecule has 1 aliphatic heterocycles. The molecule has 0 spiro atoms. The Hall–Kier alpha value is -3.28. The van der Waals surface area contributed by atoms with Crippen molar-refractivity contribution >= 4 is 17.9 Å². The highest BCUT2D eigenvalue weighted by Gasteiger charge is 2.29. The third-order valence-electron chi connectivity index (χ3n) is 4.47. The van der Waals surface area contributed by atoms with Gasteiger partial charge in [-0.05, 0) is 41.8 Å². The molecule has 2 aromatic carbocycles. The largest absolute Gasteiger partial charge is 0.496 e. The predicted molar refractivity (Wildman–Crippen MR) is 107 cm³/mol. The second kappa shape index (κ2) is 8.17. The van der Waals surface area contributed by atoms with Gasteiger partial charge in [0.2, 0.25) is 5.90 Å². The van der Waals surface area contributed by atoms with Crippen molar-refractivity contribution in [3.05, 3.63) is 58.8 Å². The fraction of sp³-hybridized carbons (Fsp3) is 0.273. The molecule has 0 atom stereocenters. The van der Waals surface area contributed by atoms with Gasteiger partial charge in [-0.3, -0.25) is 0 Å². The maximum absolute atomic E-state index is 12.5. The van der Waals surface area contributed by atoms with Gasteiger partial charge in [0.1, 0.15) is 22.8 Å². The summed E-state index contributed by atoms with van der Waals surface area (Å²) in [5.74, 6) is 1.61. The number of cyclic esters (lactones) is 1. The Bertz CT molecular complexity index is 937. The van der Waals surface area contributed by atoms with Crippen molar-refractivity contribution in [2.24, 2.45) is 4.99 Å². The van der Waals surface area contributed by atoms with Crippen LogP contribution in [0.3, 0.4) is 0 Å². The van der Waals surface area contributed by atoms with Crippen LogP contribution in [0.5, 0.6) is 17.2 Å². The van der Waals surface area contributed by atoms with Gasteiger partial charge in [0.15, 0.2) is 5.70 Å². The standard InChI is InChI=1S/C22H23NO5/c1-13(2)14-9-10-17(25-3)15(11-14)12-16-22(24)28-21(23-16)20-18(26-4)7-6-8-19(20)27-5/h6-13H,1-5H3/b16-12-. The third-order valence-corrected chi connectivity index (χ3v) is 4.47. The van der Waals surface area contributed by atoms with E-state index >= 15 is 0 Å². The van der Waals surface area contributed by atoms with Gasteiger partial charge in [-0.1, -0.05) is 26.0 Å². The highest BCUT2D eigenvalue weighted by atomic mass is 16.6. The van der Waals surface area contributed by atoms with Crippen LogP contribution in [-0.4, -0.2) is 33.2 Å². The summed E-state index contributed by atoms with van der Waals surface area (Å²) in [6.45, 7) is 4.21.